The van der Waals surface area contributed by atoms with Gasteiger partial charge in [-0.25, -0.2) is 4.98 Å². The number of hydrogen-bond donors (Lipinski definition) is 1. The summed E-state index contributed by atoms with van der Waals surface area (Å²) in [6, 6.07) is 5.47. The molecule has 2 rings (SSSR count). The van der Waals surface area contributed by atoms with Crippen molar-refractivity contribution in [3.8, 4) is 11.4 Å². The van der Waals surface area contributed by atoms with Crippen molar-refractivity contribution in [2.24, 2.45) is 0 Å². The number of aromatic nitrogens is 2. The zero-order chi connectivity index (χ0) is 17.6. The van der Waals surface area contributed by atoms with E-state index in [9.17, 15) is 13.2 Å². The number of aryl methyl sites for hydroxylation is 1. The summed E-state index contributed by atoms with van der Waals surface area (Å²) in [6.45, 7) is -6.25. The van der Waals surface area contributed by atoms with Crippen LogP contribution < -0.4 is 5.73 Å². The smallest absolute Gasteiger partial charge is 0.399 e. The Balaban J connectivity index is 2.70. The highest BCUT2D eigenvalue weighted by atomic mass is 19.4. The molecule has 96 valence electrons. The van der Waals surface area contributed by atoms with E-state index in [1.165, 1.54) is 24.3 Å². The minimum Gasteiger partial charge on any atom is -0.399 e. The van der Waals surface area contributed by atoms with Crippen LogP contribution in [-0.4, -0.2) is 9.55 Å². The zero-order valence-electron chi connectivity index (χ0n) is 14.0. The molecule has 0 aliphatic carbocycles. The lowest BCUT2D eigenvalue weighted by molar-refractivity contribution is -0.140. The molecule has 1 aromatic heterocycles. The van der Waals surface area contributed by atoms with Crippen LogP contribution in [0.4, 0.5) is 18.9 Å². The van der Waals surface area contributed by atoms with E-state index in [2.05, 4.69) is 4.98 Å². The number of rotatable bonds is 2. The monoisotopic (exact) mass is 260 g/mol. The van der Waals surface area contributed by atoms with Crippen molar-refractivity contribution >= 4 is 5.69 Å². The Bertz CT molecular complexity index is 704. The Labute approximate surface area is 109 Å². The predicted octanol–water partition coefficient (Wildman–Crippen LogP) is 3.17. The van der Waals surface area contributed by atoms with Crippen LogP contribution in [0.15, 0.2) is 30.5 Å². The van der Waals surface area contributed by atoms with Crippen LogP contribution in [0.1, 0.15) is 19.4 Å². The first-order valence-electron chi connectivity index (χ1n) is 7.37. The lowest BCUT2D eigenvalue weighted by Gasteiger charge is -2.04. The molecular weight excluding hydrogens is 243 g/mol. The minimum absolute atomic E-state index is 0.114. The summed E-state index contributed by atoms with van der Waals surface area (Å²) in [5, 5.41) is 0. The van der Waals surface area contributed by atoms with E-state index in [0.717, 1.165) is 0 Å². The van der Waals surface area contributed by atoms with Crippen molar-refractivity contribution in [2.45, 2.75) is 19.5 Å². The van der Waals surface area contributed by atoms with E-state index in [-0.39, 0.29) is 5.56 Å². The van der Waals surface area contributed by atoms with Gasteiger partial charge in [0.25, 0.3) is 0 Å². The number of nitrogens with zero attached hydrogens (tertiary/aromatic N) is 2. The molecule has 1 aromatic carbocycles. The second-order valence-corrected chi connectivity index (χ2v) is 3.55. The van der Waals surface area contributed by atoms with Crippen molar-refractivity contribution in [3.05, 3.63) is 36.2 Å². The molecule has 18 heavy (non-hydrogen) atoms. The summed E-state index contributed by atoms with van der Waals surface area (Å²) in [6.07, 6.45) is -4.48. The number of imidazole rings is 1. The fourth-order valence-electron chi connectivity index (χ4n) is 1.44. The molecule has 0 fully saturated rings. The van der Waals surface area contributed by atoms with E-state index in [4.69, 9.17) is 12.6 Å². The molecule has 0 unspecified atom stereocenters. The van der Waals surface area contributed by atoms with Crippen LogP contribution >= 0.6 is 0 Å². The molecule has 6 heteroatoms. The van der Waals surface area contributed by atoms with Gasteiger partial charge in [-0.2, -0.15) is 13.2 Å². The van der Waals surface area contributed by atoms with Gasteiger partial charge in [-0.3, -0.25) is 0 Å². The summed E-state index contributed by atoms with van der Waals surface area (Å²) < 4.78 is 76.2. The van der Waals surface area contributed by atoms with Gasteiger partial charge in [0.2, 0.25) is 0 Å². The number of alkyl halides is 3. The summed E-state index contributed by atoms with van der Waals surface area (Å²) in [5.74, 6) is -0.446. The number of nitrogen functional groups attached to an aromatic ring is 1. The van der Waals surface area contributed by atoms with Gasteiger partial charge in [-0.05, 0) is 31.1 Å². The highest BCUT2D eigenvalue weighted by molar-refractivity contribution is 5.59. The average molecular weight is 260 g/mol. The number of anilines is 1. The van der Waals surface area contributed by atoms with E-state index in [1.807, 2.05) is 0 Å². The maximum Gasteiger partial charge on any atom is 0.434 e. The maximum absolute atomic E-state index is 12.9. The molecule has 0 atom stereocenters. The van der Waals surface area contributed by atoms with Crippen LogP contribution in [0.5, 0.6) is 0 Å². The minimum atomic E-state index is -4.83. The highest BCUT2D eigenvalue weighted by Crippen LogP contribution is 2.31. The highest BCUT2D eigenvalue weighted by Gasteiger charge is 2.34. The maximum atomic E-state index is 12.9. The molecule has 3 nitrogen and oxygen atoms in total. The van der Waals surface area contributed by atoms with Crippen molar-refractivity contribution in [2.75, 3.05) is 5.73 Å². The summed E-state index contributed by atoms with van der Waals surface area (Å²) in [5.41, 5.74) is 4.59. The number of halogens is 3. The Kier molecular flexibility index (Phi) is 1.81. The standard InChI is InChI=1S/C12H12F3N3/c1-2-18-7-10(12(13,14)15)17-11(18)8-3-5-9(16)6-4-8/h3-7H,2,16H2,1H3/i1D3,2D2. The zero-order valence-corrected chi connectivity index (χ0v) is 8.99. The fourth-order valence-corrected chi connectivity index (χ4v) is 1.44. The van der Waals surface area contributed by atoms with E-state index in [1.54, 1.807) is 0 Å². The fraction of sp³-hybridized carbons (Fsp3) is 0.250. The lowest BCUT2D eigenvalue weighted by Crippen LogP contribution is -2.05. The SMILES string of the molecule is [2H]C([2H])([2H])C([2H])([2H])n1cc(C(F)(F)F)nc1-c1ccc(N)cc1. The predicted molar refractivity (Wildman–Crippen MR) is 62.8 cm³/mol. The molecule has 0 saturated carbocycles. The second kappa shape index (κ2) is 4.36. The Morgan fingerprint density at radius 2 is 2.06 bits per heavy atom. The average Bonchev–Trinajstić information content (AvgIpc) is 2.83. The third-order valence-electron chi connectivity index (χ3n) is 2.29. The van der Waals surface area contributed by atoms with Gasteiger partial charge >= 0.3 is 6.18 Å². The third-order valence-corrected chi connectivity index (χ3v) is 2.29. The van der Waals surface area contributed by atoms with Crippen LogP contribution in [0.2, 0.25) is 0 Å². The molecule has 0 radical (unpaired) electrons. The van der Waals surface area contributed by atoms with Crippen molar-refractivity contribution in [1.82, 2.24) is 9.55 Å². The van der Waals surface area contributed by atoms with Crippen molar-refractivity contribution < 1.29 is 20.0 Å². The van der Waals surface area contributed by atoms with Gasteiger partial charge < -0.3 is 10.3 Å². The molecular formula is C12H12F3N3. The van der Waals surface area contributed by atoms with Crippen LogP contribution in [-0.2, 0) is 12.7 Å². The lowest BCUT2D eigenvalue weighted by atomic mass is 10.2. The van der Waals surface area contributed by atoms with Gasteiger partial charge in [-0.15, -0.1) is 0 Å². The Morgan fingerprint density at radius 3 is 2.61 bits per heavy atom. The van der Waals surface area contributed by atoms with Gasteiger partial charge in [0.15, 0.2) is 5.69 Å². The molecule has 1 heterocycles. The Morgan fingerprint density at radius 1 is 1.39 bits per heavy atom. The molecule has 0 aliphatic heterocycles. The first-order chi connectivity index (χ1) is 10.3. The van der Waals surface area contributed by atoms with Gasteiger partial charge in [-0.1, -0.05) is 0 Å². The van der Waals surface area contributed by atoms with Crippen LogP contribution in [0.3, 0.4) is 0 Å². The van der Waals surface area contributed by atoms with Gasteiger partial charge in [0.05, 0.1) is 0 Å². The summed E-state index contributed by atoms with van der Waals surface area (Å²) in [4.78, 5) is 3.37. The quantitative estimate of drug-likeness (QED) is 0.843. The largest absolute Gasteiger partial charge is 0.434 e. The van der Waals surface area contributed by atoms with Crippen LogP contribution in [0, 0.1) is 0 Å². The Hall–Kier alpha value is -1.98. The number of nitrogens with two attached hydrogens (primary N) is 1. The first-order valence-corrected chi connectivity index (χ1v) is 4.87. The van der Waals surface area contributed by atoms with Gasteiger partial charge in [0.1, 0.15) is 5.82 Å². The van der Waals surface area contributed by atoms with Crippen LogP contribution in [0.25, 0.3) is 11.4 Å². The summed E-state index contributed by atoms with van der Waals surface area (Å²) in [7, 11) is 0. The molecule has 0 spiro atoms. The molecule has 0 aliphatic rings. The normalized spacial score (nSPS) is 17.4. The van der Waals surface area contributed by atoms with Gasteiger partial charge in [0, 0.05) is 30.8 Å². The van der Waals surface area contributed by atoms with Crippen molar-refractivity contribution in [3.63, 3.8) is 0 Å². The second-order valence-electron chi connectivity index (χ2n) is 3.55. The van der Waals surface area contributed by atoms with E-state index >= 15 is 0 Å². The molecule has 0 amide bonds. The third kappa shape index (κ3) is 2.32. The summed E-state index contributed by atoms with van der Waals surface area (Å²) >= 11 is 0. The number of hydrogen-bond acceptors (Lipinski definition) is 2. The molecule has 0 saturated heterocycles. The van der Waals surface area contributed by atoms with Crippen molar-refractivity contribution in [1.29, 1.82) is 0 Å². The molecule has 2 aromatic rings. The number of benzene rings is 1. The van der Waals surface area contributed by atoms with E-state index < -0.39 is 31.0 Å². The molecule has 0 bridgehead atoms. The topological polar surface area (TPSA) is 43.8 Å². The van der Waals surface area contributed by atoms with E-state index in [0.29, 0.717) is 16.5 Å². The molecule has 2 N–H and O–H groups in total. The first kappa shape index (κ1) is 7.45.